The van der Waals surface area contributed by atoms with Crippen LogP contribution >= 0.6 is 11.3 Å². The number of benzene rings is 2. The fraction of sp³-hybridized carbons (Fsp3) is 0.481. The van der Waals surface area contributed by atoms with Crippen molar-refractivity contribution in [1.82, 2.24) is 20.1 Å². The molecule has 2 fully saturated rings. The summed E-state index contributed by atoms with van der Waals surface area (Å²) < 4.78 is 6.83. The van der Waals surface area contributed by atoms with Crippen LogP contribution in [-0.4, -0.2) is 72.7 Å². The lowest BCUT2D eigenvalue weighted by Crippen LogP contribution is -2.50. The Bertz CT molecular complexity index is 1040. The van der Waals surface area contributed by atoms with E-state index in [1.165, 1.54) is 15.3 Å². The van der Waals surface area contributed by atoms with E-state index in [-0.39, 0.29) is 18.0 Å². The van der Waals surface area contributed by atoms with E-state index in [0.717, 1.165) is 57.8 Å². The van der Waals surface area contributed by atoms with Crippen LogP contribution in [0.2, 0.25) is 0 Å². The number of hydrogen-bond donors (Lipinski definition) is 1. The number of nitrogens with zero attached hydrogens (tertiary/aromatic N) is 3. The summed E-state index contributed by atoms with van der Waals surface area (Å²) in [5, 5.41) is 4.56. The van der Waals surface area contributed by atoms with Gasteiger partial charge in [-0.1, -0.05) is 42.5 Å². The molecule has 2 aliphatic heterocycles. The van der Waals surface area contributed by atoms with Crippen LogP contribution in [0.5, 0.6) is 0 Å². The first kappa shape index (κ1) is 23.4. The molecule has 34 heavy (non-hydrogen) atoms. The van der Waals surface area contributed by atoms with E-state index in [1.54, 1.807) is 0 Å². The Labute approximate surface area is 205 Å². The smallest absolute Gasteiger partial charge is 0.234 e. The molecular weight excluding hydrogens is 444 g/mol. The van der Waals surface area contributed by atoms with Crippen LogP contribution in [0.1, 0.15) is 42.3 Å². The van der Waals surface area contributed by atoms with Gasteiger partial charge in [0, 0.05) is 25.0 Å². The summed E-state index contributed by atoms with van der Waals surface area (Å²) in [6, 6.07) is 19.1. The molecule has 2 saturated heterocycles. The van der Waals surface area contributed by atoms with Crippen molar-refractivity contribution in [3.05, 3.63) is 65.2 Å². The molecule has 1 N–H and O–H groups in total. The van der Waals surface area contributed by atoms with Crippen molar-refractivity contribution in [3.8, 4) is 0 Å². The maximum Gasteiger partial charge on any atom is 0.234 e. The molecule has 0 radical (unpaired) electrons. The molecule has 7 heteroatoms. The van der Waals surface area contributed by atoms with Crippen molar-refractivity contribution >= 4 is 27.5 Å². The number of ether oxygens (including phenoxy) is 1. The van der Waals surface area contributed by atoms with Crippen molar-refractivity contribution < 1.29 is 9.53 Å². The maximum absolute atomic E-state index is 13.0. The first-order valence-electron chi connectivity index (χ1n) is 12.4. The van der Waals surface area contributed by atoms with E-state index in [2.05, 4.69) is 70.6 Å². The van der Waals surface area contributed by atoms with Crippen LogP contribution in [0.15, 0.2) is 54.6 Å². The Morgan fingerprint density at radius 2 is 1.76 bits per heavy atom. The lowest BCUT2D eigenvalue weighted by molar-refractivity contribution is -0.123. The lowest BCUT2D eigenvalue weighted by atomic mass is 9.97. The molecule has 0 bridgehead atoms. The summed E-state index contributed by atoms with van der Waals surface area (Å²) in [6.45, 7) is 7.73. The molecule has 0 spiro atoms. The number of carbonyl (C=O) groups is 1. The van der Waals surface area contributed by atoms with Gasteiger partial charge in [0.2, 0.25) is 5.91 Å². The third-order valence-electron chi connectivity index (χ3n) is 7.06. The Morgan fingerprint density at radius 1 is 1.06 bits per heavy atom. The minimum absolute atomic E-state index is 0.0216. The van der Waals surface area contributed by atoms with Crippen LogP contribution in [0, 0.1) is 0 Å². The molecule has 3 heterocycles. The van der Waals surface area contributed by atoms with Crippen LogP contribution < -0.4 is 5.32 Å². The molecule has 1 aromatic heterocycles. The number of likely N-dealkylation sites (tertiary alicyclic amines) is 1. The summed E-state index contributed by atoms with van der Waals surface area (Å²) in [4.78, 5) is 22.6. The zero-order chi connectivity index (χ0) is 23.3. The monoisotopic (exact) mass is 478 g/mol. The van der Waals surface area contributed by atoms with E-state index < -0.39 is 0 Å². The second-order valence-electron chi connectivity index (χ2n) is 9.43. The van der Waals surface area contributed by atoms with E-state index >= 15 is 0 Å². The molecule has 0 saturated carbocycles. The van der Waals surface area contributed by atoms with E-state index in [4.69, 9.17) is 9.72 Å². The summed E-state index contributed by atoms with van der Waals surface area (Å²) in [5.74, 6) is 0.611. The second-order valence-corrected chi connectivity index (χ2v) is 10.5. The molecule has 2 atom stereocenters. The number of piperidine rings is 1. The third kappa shape index (κ3) is 5.49. The standard InChI is InChI=1S/C27H34N4O2S/c1-20(26(21-7-3-2-4-8-21)31-15-17-33-18-16-31)28-25(32)19-30-13-11-22(12-14-30)27-29-23-9-5-6-10-24(23)34-27/h2-10,20,22,26H,11-19H2,1H3,(H,28,32)/t20-,26-/m0/s1. The van der Waals surface area contributed by atoms with Crippen LogP contribution in [0.3, 0.4) is 0 Å². The Kier molecular flexibility index (Phi) is 7.54. The molecular formula is C27H34N4O2S. The van der Waals surface area contributed by atoms with Crippen molar-refractivity contribution in [2.24, 2.45) is 0 Å². The molecule has 5 rings (SSSR count). The predicted molar refractivity (Wildman–Crippen MR) is 137 cm³/mol. The normalized spacial score (nSPS) is 20.3. The van der Waals surface area contributed by atoms with Crippen LogP contribution in [0.4, 0.5) is 0 Å². The number of para-hydroxylation sites is 1. The van der Waals surface area contributed by atoms with Crippen molar-refractivity contribution in [2.75, 3.05) is 45.9 Å². The molecule has 2 aromatic carbocycles. The van der Waals surface area contributed by atoms with Crippen molar-refractivity contribution in [2.45, 2.75) is 37.8 Å². The number of fused-ring (bicyclic) bond motifs is 1. The first-order valence-corrected chi connectivity index (χ1v) is 13.2. The van der Waals surface area contributed by atoms with Gasteiger partial charge in [0.15, 0.2) is 0 Å². The van der Waals surface area contributed by atoms with Gasteiger partial charge in [0.1, 0.15) is 0 Å². The van der Waals surface area contributed by atoms with Gasteiger partial charge in [-0.05, 0) is 50.6 Å². The zero-order valence-corrected chi connectivity index (χ0v) is 20.7. The number of morpholine rings is 1. The average molecular weight is 479 g/mol. The highest BCUT2D eigenvalue weighted by Gasteiger charge is 2.30. The largest absolute Gasteiger partial charge is 0.379 e. The molecule has 0 unspecified atom stereocenters. The summed E-state index contributed by atoms with van der Waals surface area (Å²) in [6.07, 6.45) is 2.12. The van der Waals surface area contributed by atoms with Gasteiger partial charge in [0.05, 0.1) is 41.0 Å². The minimum atomic E-state index is 0.0216. The fourth-order valence-electron chi connectivity index (χ4n) is 5.31. The van der Waals surface area contributed by atoms with Crippen molar-refractivity contribution in [1.29, 1.82) is 0 Å². The van der Waals surface area contributed by atoms with Crippen molar-refractivity contribution in [3.63, 3.8) is 0 Å². The van der Waals surface area contributed by atoms with Gasteiger partial charge in [0.25, 0.3) is 0 Å². The molecule has 2 aliphatic rings. The van der Waals surface area contributed by atoms with E-state index in [1.807, 2.05) is 17.4 Å². The molecule has 3 aromatic rings. The Balaban J connectivity index is 1.16. The van der Waals surface area contributed by atoms with Gasteiger partial charge in [-0.25, -0.2) is 4.98 Å². The van der Waals surface area contributed by atoms with Gasteiger partial charge < -0.3 is 10.1 Å². The predicted octanol–water partition coefficient (Wildman–Crippen LogP) is 4.05. The van der Waals surface area contributed by atoms with Crippen LogP contribution in [0.25, 0.3) is 10.2 Å². The summed E-state index contributed by atoms with van der Waals surface area (Å²) in [5.41, 5.74) is 2.35. The quantitative estimate of drug-likeness (QED) is 0.555. The summed E-state index contributed by atoms with van der Waals surface area (Å²) in [7, 11) is 0. The average Bonchev–Trinajstić information content (AvgIpc) is 3.30. The molecule has 1 amide bonds. The van der Waals surface area contributed by atoms with Gasteiger partial charge in [-0.2, -0.15) is 0 Å². The second kappa shape index (κ2) is 11.0. The maximum atomic E-state index is 13.0. The summed E-state index contributed by atoms with van der Waals surface area (Å²) >= 11 is 1.82. The third-order valence-corrected chi connectivity index (χ3v) is 8.26. The highest BCUT2D eigenvalue weighted by molar-refractivity contribution is 7.18. The SMILES string of the molecule is C[C@H](NC(=O)CN1CCC(c2nc3ccccc3s2)CC1)[C@@H](c1ccccc1)N1CCOCC1. The molecule has 6 nitrogen and oxygen atoms in total. The topological polar surface area (TPSA) is 57.7 Å². The van der Waals surface area contributed by atoms with E-state index in [0.29, 0.717) is 12.5 Å². The zero-order valence-electron chi connectivity index (χ0n) is 19.9. The number of hydrogen-bond acceptors (Lipinski definition) is 6. The molecule has 180 valence electrons. The number of aromatic nitrogens is 1. The number of carbonyl (C=O) groups excluding carboxylic acids is 1. The van der Waals surface area contributed by atoms with Gasteiger partial charge in [-0.15, -0.1) is 11.3 Å². The number of amides is 1. The number of rotatable bonds is 7. The van der Waals surface area contributed by atoms with Gasteiger partial charge >= 0.3 is 0 Å². The Hall–Kier alpha value is -2.32. The highest BCUT2D eigenvalue weighted by atomic mass is 32.1. The lowest BCUT2D eigenvalue weighted by Gasteiger charge is -2.38. The minimum Gasteiger partial charge on any atom is -0.379 e. The van der Waals surface area contributed by atoms with E-state index in [9.17, 15) is 4.79 Å². The van der Waals surface area contributed by atoms with Gasteiger partial charge in [-0.3, -0.25) is 14.6 Å². The fourth-order valence-corrected chi connectivity index (χ4v) is 6.44. The highest BCUT2D eigenvalue weighted by Crippen LogP contribution is 2.33. The van der Waals surface area contributed by atoms with Crippen LogP contribution in [-0.2, 0) is 9.53 Å². The first-order chi connectivity index (χ1) is 16.7. The Morgan fingerprint density at radius 3 is 2.50 bits per heavy atom. The number of thiazole rings is 1. The number of nitrogens with one attached hydrogen (secondary N) is 1. The molecule has 0 aliphatic carbocycles.